The number of carbonyl (C=O) groups is 1. The summed E-state index contributed by atoms with van der Waals surface area (Å²) in [5, 5.41) is 0. The summed E-state index contributed by atoms with van der Waals surface area (Å²) in [7, 11) is 1.66. The summed E-state index contributed by atoms with van der Waals surface area (Å²) in [6.45, 7) is 5.79. The Kier molecular flexibility index (Phi) is 6.69. The number of amides is 1. The molecule has 0 atom stereocenters. The molecule has 0 fully saturated rings. The number of rotatable bonds is 7. The average Bonchev–Trinajstić information content (AvgIpc) is 2.82. The first-order chi connectivity index (χ1) is 15.5. The molecule has 4 heteroatoms. The van der Waals surface area contributed by atoms with Gasteiger partial charge in [0, 0.05) is 24.2 Å². The molecule has 0 bridgehead atoms. The predicted molar refractivity (Wildman–Crippen MR) is 130 cm³/mol. The third kappa shape index (κ3) is 4.91. The SMILES string of the molecule is COc1cc2c(cc1N=C(c1ccccc1)c1ccccc1)CN(CCC(C)C)C(=O)C2. The molecule has 0 aromatic heterocycles. The van der Waals surface area contributed by atoms with Crippen LogP contribution in [0.25, 0.3) is 0 Å². The summed E-state index contributed by atoms with van der Waals surface area (Å²) in [6.07, 6.45) is 1.42. The van der Waals surface area contributed by atoms with Crippen LogP contribution in [0.4, 0.5) is 5.69 Å². The van der Waals surface area contributed by atoms with Crippen molar-refractivity contribution in [1.82, 2.24) is 4.90 Å². The van der Waals surface area contributed by atoms with Crippen molar-refractivity contribution < 1.29 is 9.53 Å². The minimum atomic E-state index is 0.186. The van der Waals surface area contributed by atoms with Crippen molar-refractivity contribution in [1.29, 1.82) is 0 Å². The van der Waals surface area contributed by atoms with E-state index in [1.807, 2.05) is 47.4 Å². The number of hydrogen-bond acceptors (Lipinski definition) is 3. The van der Waals surface area contributed by atoms with Crippen LogP contribution in [0.5, 0.6) is 5.75 Å². The molecule has 164 valence electrons. The van der Waals surface area contributed by atoms with Gasteiger partial charge in [0.25, 0.3) is 0 Å². The van der Waals surface area contributed by atoms with Gasteiger partial charge in [-0.3, -0.25) is 4.79 Å². The van der Waals surface area contributed by atoms with Gasteiger partial charge in [-0.15, -0.1) is 0 Å². The molecular weight excluding hydrogens is 396 g/mol. The number of benzene rings is 3. The number of nitrogens with zero attached hydrogens (tertiary/aromatic N) is 2. The highest BCUT2D eigenvalue weighted by molar-refractivity contribution is 6.14. The first-order valence-corrected chi connectivity index (χ1v) is 11.2. The quantitative estimate of drug-likeness (QED) is 0.448. The molecule has 0 N–H and O–H groups in total. The Hall–Kier alpha value is -3.40. The molecule has 3 aromatic rings. The largest absolute Gasteiger partial charge is 0.494 e. The first-order valence-electron chi connectivity index (χ1n) is 11.2. The summed E-state index contributed by atoms with van der Waals surface area (Å²) in [6, 6.07) is 24.5. The Morgan fingerprint density at radius 3 is 2.16 bits per heavy atom. The first kappa shape index (κ1) is 21.8. The van der Waals surface area contributed by atoms with Crippen LogP contribution in [0.1, 0.15) is 42.5 Å². The summed E-state index contributed by atoms with van der Waals surface area (Å²) >= 11 is 0. The number of carbonyl (C=O) groups excluding carboxylic acids is 1. The third-order valence-corrected chi connectivity index (χ3v) is 5.86. The lowest BCUT2D eigenvalue weighted by Gasteiger charge is -2.30. The summed E-state index contributed by atoms with van der Waals surface area (Å²) in [5.74, 6) is 1.45. The molecule has 4 nitrogen and oxygen atoms in total. The second kappa shape index (κ2) is 9.82. The van der Waals surface area contributed by atoms with E-state index in [2.05, 4.69) is 44.2 Å². The average molecular weight is 427 g/mol. The van der Waals surface area contributed by atoms with E-state index < -0.39 is 0 Å². The minimum Gasteiger partial charge on any atom is -0.494 e. The highest BCUT2D eigenvalue weighted by atomic mass is 16.5. The van der Waals surface area contributed by atoms with Gasteiger partial charge >= 0.3 is 0 Å². The van der Waals surface area contributed by atoms with Crippen LogP contribution in [0, 0.1) is 5.92 Å². The molecule has 0 saturated heterocycles. The van der Waals surface area contributed by atoms with Crippen LogP contribution in [0.3, 0.4) is 0 Å². The zero-order valence-corrected chi connectivity index (χ0v) is 19.0. The van der Waals surface area contributed by atoms with Gasteiger partial charge < -0.3 is 9.64 Å². The van der Waals surface area contributed by atoms with E-state index in [1.165, 1.54) is 0 Å². The predicted octanol–water partition coefficient (Wildman–Crippen LogP) is 5.80. The molecule has 0 aliphatic carbocycles. The molecular formula is C28H30N2O2. The van der Waals surface area contributed by atoms with Gasteiger partial charge in [-0.05, 0) is 35.6 Å². The molecule has 0 radical (unpaired) electrons. The maximum absolute atomic E-state index is 12.7. The Balaban J connectivity index is 1.76. The number of ether oxygens (including phenoxy) is 1. The smallest absolute Gasteiger partial charge is 0.227 e. The van der Waals surface area contributed by atoms with Gasteiger partial charge in [0.05, 0.1) is 19.2 Å². The monoisotopic (exact) mass is 426 g/mol. The second-order valence-corrected chi connectivity index (χ2v) is 8.66. The van der Waals surface area contributed by atoms with Gasteiger partial charge in [-0.2, -0.15) is 0 Å². The zero-order chi connectivity index (χ0) is 22.5. The Morgan fingerprint density at radius 1 is 0.969 bits per heavy atom. The molecule has 0 spiro atoms. The van der Waals surface area contributed by atoms with E-state index in [0.29, 0.717) is 24.6 Å². The van der Waals surface area contributed by atoms with E-state index in [9.17, 15) is 4.79 Å². The summed E-state index contributed by atoms with van der Waals surface area (Å²) in [5.41, 5.74) is 5.96. The van der Waals surface area contributed by atoms with Gasteiger partial charge in [0.1, 0.15) is 11.4 Å². The molecule has 1 heterocycles. The van der Waals surface area contributed by atoms with Crippen LogP contribution < -0.4 is 4.74 Å². The van der Waals surface area contributed by atoms with Crippen molar-refractivity contribution in [3.8, 4) is 5.75 Å². The van der Waals surface area contributed by atoms with Crippen molar-refractivity contribution >= 4 is 17.3 Å². The zero-order valence-electron chi connectivity index (χ0n) is 19.0. The normalized spacial score (nSPS) is 13.1. The van der Waals surface area contributed by atoms with Crippen molar-refractivity contribution in [2.24, 2.45) is 10.9 Å². The Bertz CT molecular complexity index is 1060. The van der Waals surface area contributed by atoms with Gasteiger partial charge in [-0.1, -0.05) is 74.5 Å². The summed E-state index contributed by atoms with van der Waals surface area (Å²) in [4.78, 5) is 19.7. The van der Waals surface area contributed by atoms with Crippen molar-refractivity contribution in [2.45, 2.75) is 33.2 Å². The number of methoxy groups -OCH3 is 1. The van der Waals surface area contributed by atoms with E-state index in [4.69, 9.17) is 9.73 Å². The second-order valence-electron chi connectivity index (χ2n) is 8.66. The molecule has 32 heavy (non-hydrogen) atoms. The molecule has 0 unspecified atom stereocenters. The van der Waals surface area contributed by atoms with Crippen LogP contribution in [0.15, 0.2) is 77.8 Å². The third-order valence-electron chi connectivity index (χ3n) is 5.86. The van der Waals surface area contributed by atoms with Crippen molar-refractivity contribution in [3.63, 3.8) is 0 Å². The number of hydrogen-bond donors (Lipinski definition) is 0. The van der Waals surface area contributed by atoms with E-state index in [0.717, 1.165) is 46.6 Å². The maximum Gasteiger partial charge on any atom is 0.227 e. The van der Waals surface area contributed by atoms with Gasteiger partial charge in [0.2, 0.25) is 5.91 Å². The molecule has 1 amide bonds. The maximum atomic E-state index is 12.7. The van der Waals surface area contributed by atoms with Crippen molar-refractivity contribution in [3.05, 3.63) is 95.1 Å². The van der Waals surface area contributed by atoms with E-state index in [-0.39, 0.29) is 5.91 Å². The van der Waals surface area contributed by atoms with E-state index >= 15 is 0 Å². The van der Waals surface area contributed by atoms with E-state index in [1.54, 1.807) is 7.11 Å². The molecule has 1 aliphatic heterocycles. The van der Waals surface area contributed by atoms with Crippen LogP contribution in [-0.2, 0) is 17.8 Å². The topological polar surface area (TPSA) is 41.9 Å². The van der Waals surface area contributed by atoms with Crippen LogP contribution in [-0.4, -0.2) is 30.2 Å². The molecule has 4 rings (SSSR count). The molecule has 1 aliphatic rings. The van der Waals surface area contributed by atoms with Crippen LogP contribution >= 0.6 is 0 Å². The lowest BCUT2D eigenvalue weighted by atomic mass is 9.96. The minimum absolute atomic E-state index is 0.186. The fourth-order valence-electron chi connectivity index (χ4n) is 4.01. The highest BCUT2D eigenvalue weighted by Crippen LogP contribution is 2.35. The lowest BCUT2D eigenvalue weighted by Crippen LogP contribution is -2.37. The summed E-state index contributed by atoms with van der Waals surface area (Å²) < 4.78 is 5.69. The van der Waals surface area contributed by atoms with Crippen molar-refractivity contribution in [2.75, 3.05) is 13.7 Å². The Morgan fingerprint density at radius 2 is 1.59 bits per heavy atom. The molecule has 0 saturated carbocycles. The Labute approximate surface area is 190 Å². The fourth-order valence-corrected chi connectivity index (χ4v) is 4.01. The van der Waals surface area contributed by atoms with Gasteiger partial charge in [0.15, 0.2) is 0 Å². The lowest BCUT2D eigenvalue weighted by molar-refractivity contribution is -0.132. The highest BCUT2D eigenvalue weighted by Gasteiger charge is 2.25. The number of aliphatic imine (C=N–C) groups is 1. The van der Waals surface area contributed by atoms with Crippen LogP contribution in [0.2, 0.25) is 0 Å². The standard InChI is InChI=1S/C28H30N2O2/c1-20(2)14-15-30-19-24-16-25(26(32-3)17-23(24)18-27(30)31)29-28(21-10-6-4-7-11-21)22-12-8-5-9-13-22/h4-13,16-17,20H,14-15,18-19H2,1-3H3. The van der Waals surface area contributed by atoms with Gasteiger partial charge in [-0.25, -0.2) is 4.99 Å². The fraction of sp³-hybridized carbons (Fsp3) is 0.286. The molecule has 3 aromatic carbocycles. The number of fused-ring (bicyclic) bond motifs is 1.